The molecule has 0 saturated heterocycles. The Morgan fingerprint density at radius 2 is 1.84 bits per heavy atom. The molecule has 0 unspecified atom stereocenters. The Morgan fingerprint density at radius 1 is 1.08 bits per heavy atom. The SMILES string of the molecule is COc1cccc(/C=C/C(=O)Oc2ccc(C(C)C)c(C)c2)c1OC. The van der Waals surface area contributed by atoms with Crippen molar-refractivity contribution in [2.45, 2.75) is 26.7 Å². The van der Waals surface area contributed by atoms with E-state index in [2.05, 4.69) is 13.8 Å². The van der Waals surface area contributed by atoms with Crippen LogP contribution < -0.4 is 14.2 Å². The molecule has 25 heavy (non-hydrogen) atoms. The van der Waals surface area contributed by atoms with Crippen LogP contribution in [0, 0.1) is 6.92 Å². The van der Waals surface area contributed by atoms with E-state index in [1.165, 1.54) is 11.6 Å². The first kappa shape index (κ1) is 18.6. The zero-order chi connectivity index (χ0) is 18.4. The molecule has 0 aliphatic carbocycles. The number of hydrogen-bond acceptors (Lipinski definition) is 4. The summed E-state index contributed by atoms with van der Waals surface area (Å²) in [5.41, 5.74) is 3.10. The number of rotatable bonds is 6. The van der Waals surface area contributed by atoms with Crippen LogP contribution in [0.2, 0.25) is 0 Å². The minimum atomic E-state index is -0.443. The third-order valence-electron chi connectivity index (χ3n) is 3.91. The highest BCUT2D eigenvalue weighted by Crippen LogP contribution is 2.31. The van der Waals surface area contributed by atoms with E-state index in [4.69, 9.17) is 14.2 Å². The lowest BCUT2D eigenvalue weighted by molar-refractivity contribution is -0.128. The molecule has 0 atom stereocenters. The Kier molecular flexibility index (Phi) is 6.23. The first-order valence-electron chi connectivity index (χ1n) is 8.17. The van der Waals surface area contributed by atoms with E-state index in [-0.39, 0.29) is 0 Å². The standard InChI is InChI=1S/C21H24O4/c1-14(2)18-11-10-17(13-15(18)3)25-20(22)12-9-16-7-6-8-19(23-4)21(16)24-5/h6-14H,1-5H3/b12-9+. The van der Waals surface area contributed by atoms with Crippen LogP contribution in [0.4, 0.5) is 0 Å². The summed E-state index contributed by atoms with van der Waals surface area (Å²) in [7, 11) is 3.13. The van der Waals surface area contributed by atoms with Gasteiger partial charge in [-0.1, -0.05) is 32.0 Å². The lowest BCUT2D eigenvalue weighted by Crippen LogP contribution is -2.04. The Morgan fingerprint density at radius 3 is 2.44 bits per heavy atom. The topological polar surface area (TPSA) is 44.8 Å². The van der Waals surface area contributed by atoms with Crippen molar-refractivity contribution in [2.75, 3.05) is 14.2 Å². The molecule has 4 nitrogen and oxygen atoms in total. The summed E-state index contributed by atoms with van der Waals surface area (Å²) in [5.74, 6) is 1.71. The second kappa shape index (κ2) is 8.38. The molecule has 2 rings (SSSR count). The van der Waals surface area contributed by atoms with E-state index >= 15 is 0 Å². The van der Waals surface area contributed by atoms with Gasteiger partial charge in [0.05, 0.1) is 14.2 Å². The van der Waals surface area contributed by atoms with Crippen LogP contribution in [0.25, 0.3) is 6.08 Å². The largest absolute Gasteiger partial charge is 0.493 e. The predicted octanol–water partition coefficient (Wildman–Crippen LogP) is 4.75. The summed E-state index contributed by atoms with van der Waals surface area (Å²) >= 11 is 0. The fraction of sp³-hybridized carbons (Fsp3) is 0.286. The van der Waals surface area contributed by atoms with Gasteiger partial charge in [-0.05, 0) is 48.2 Å². The number of esters is 1. The van der Waals surface area contributed by atoms with Gasteiger partial charge in [-0.2, -0.15) is 0 Å². The summed E-state index contributed by atoms with van der Waals surface area (Å²) in [4.78, 5) is 12.1. The highest BCUT2D eigenvalue weighted by molar-refractivity contribution is 5.89. The molecule has 2 aromatic carbocycles. The maximum atomic E-state index is 12.1. The van der Waals surface area contributed by atoms with Gasteiger partial charge in [0.25, 0.3) is 0 Å². The number of aryl methyl sites for hydroxylation is 1. The van der Waals surface area contributed by atoms with Crippen molar-refractivity contribution in [3.05, 3.63) is 59.2 Å². The van der Waals surface area contributed by atoms with E-state index in [0.29, 0.717) is 23.2 Å². The molecule has 0 saturated carbocycles. The van der Waals surface area contributed by atoms with Crippen LogP contribution in [-0.4, -0.2) is 20.2 Å². The molecular formula is C21H24O4. The van der Waals surface area contributed by atoms with Crippen LogP contribution >= 0.6 is 0 Å². The summed E-state index contributed by atoms with van der Waals surface area (Å²) < 4.78 is 16.0. The number of methoxy groups -OCH3 is 2. The van der Waals surface area contributed by atoms with E-state index < -0.39 is 5.97 Å². The van der Waals surface area contributed by atoms with E-state index in [1.54, 1.807) is 26.4 Å². The van der Waals surface area contributed by atoms with Crippen molar-refractivity contribution in [3.63, 3.8) is 0 Å². The molecule has 4 heteroatoms. The van der Waals surface area contributed by atoms with Gasteiger partial charge in [-0.15, -0.1) is 0 Å². The highest BCUT2D eigenvalue weighted by Gasteiger charge is 2.09. The minimum Gasteiger partial charge on any atom is -0.493 e. The van der Waals surface area contributed by atoms with Gasteiger partial charge in [-0.3, -0.25) is 0 Å². The summed E-state index contributed by atoms with van der Waals surface area (Å²) in [6.07, 6.45) is 3.03. The van der Waals surface area contributed by atoms with Gasteiger partial charge in [-0.25, -0.2) is 4.79 Å². The van der Waals surface area contributed by atoms with Gasteiger partial charge in [0.2, 0.25) is 0 Å². The minimum absolute atomic E-state index is 0.435. The van der Waals surface area contributed by atoms with Gasteiger partial charge in [0, 0.05) is 11.6 Å². The summed E-state index contributed by atoms with van der Waals surface area (Å²) in [6.45, 7) is 6.29. The van der Waals surface area contributed by atoms with Crippen molar-refractivity contribution in [3.8, 4) is 17.2 Å². The third kappa shape index (κ3) is 4.63. The van der Waals surface area contributed by atoms with Crippen molar-refractivity contribution in [1.82, 2.24) is 0 Å². The average molecular weight is 340 g/mol. The second-order valence-electron chi connectivity index (χ2n) is 6.01. The lowest BCUT2D eigenvalue weighted by atomic mass is 9.98. The molecule has 0 heterocycles. The number of carbonyl (C=O) groups is 1. The molecule has 2 aromatic rings. The number of hydrogen-bond donors (Lipinski definition) is 0. The Hall–Kier alpha value is -2.75. The molecule has 0 bridgehead atoms. The molecule has 0 spiro atoms. The quantitative estimate of drug-likeness (QED) is 0.432. The van der Waals surface area contributed by atoms with Crippen LogP contribution in [0.1, 0.15) is 36.5 Å². The Bertz CT molecular complexity index is 775. The first-order chi connectivity index (χ1) is 12.0. The van der Waals surface area contributed by atoms with E-state index in [0.717, 1.165) is 11.1 Å². The van der Waals surface area contributed by atoms with Gasteiger partial charge in [0.1, 0.15) is 5.75 Å². The molecule has 132 valence electrons. The Labute approximate surface area is 149 Å². The van der Waals surface area contributed by atoms with Crippen LogP contribution in [0.15, 0.2) is 42.5 Å². The number of benzene rings is 2. The molecule has 0 aliphatic rings. The smallest absolute Gasteiger partial charge is 0.336 e. The van der Waals surface area contributed by atoms with Gasteiger partial charge >= 0.3 is 5.97 Å². The van der Waals surface area contributed by atoms with E-state index in [9.17, 15) is 4.79 Å². The third-order valence-corrected chi connectivity index (χ3v) is 3.91. The second-order valence-corrected chi connectivity index (χ2v) is 6.01. The molecule has 0 fully saturated rings. The molecule has 0 aromatic heterocycles. The van der Waals surface area contributed by atoms with Crippen LogP contribution in [-0.2, 0) is 4.79 Å². The van der Waals surface area contributed by atoms with Crippen LogP contribution in [0.3, 0.4) is 0 Å². The lowest BCUT2D eigenvalue weighted by Gasteiger charge is -2.11. The zero-order valence-corrected chi connectivity index (χ0v) is 15.3. The normalized spacial score (nSPS) is 11.0. The molecule has 0 amide bonds. The van der Waals surface area contributed by atoms with Crippen molar-refractivity contribution < 1.29 is 19.0 Å². The maximum absolute atomic E-state index is 12.1. The summed E-state index contributed by atoms with van der Waals surface area (Å²) in [6, 6.07) is 11.2. The zero-order valence-electron chi connectivity index (χ0n) is 15.3. The number of para-hydroxylation sites is 1. The highest BCUT2D eigenvalue weighted by atomic mass is 16.5. The molecule has 0 radical (unpaired) electrons. The molecular weight excluding hydrogens is 316 g/mol. The van der Waals surface area contributed by atoms with Gasteiger partial charge < -0.3 is 14.2 Å². The number of ether oxygens (including phenoxy) is 3. The van der Waals surface area contributed by atoms with Crippen LogP contribution in [0.5, 0.6) is 17.2 Å². The van der Waals surface area contributed by atoms with Crippen molar-refractivity contribution in [1.29, 1.82) is 0 Å². The number of carbonyl (C=O) groups excluding carboxylic acids is 1. The summed E-state index contributed by atoms with van der Waals surface area (Å²) in [5, 5.41) is 0. The predicted molar refractivity (Wildman–Crippen MR) is 99.5 cm³/mol. The Balaban J connectivity index is 2.13. The molecule has 0 aliphatic heterocycles. The monoisotopic (exact) mass is 340 g/mol. The average Bonchev–Trinajstić information content (AvgIpc) is 2.59. The molecule has 0 N–H and O–H groups in total. The van der Waals surface area contributed by atoms with Crippen molar-refractivity contribution in [2.24, 2.45) is 0 Å². The first-order valence-corrected chi connectivity index (χ1v) is 8.17. The van der Waals surface area contributed by atoms with Gasteiger partial charge in [0.15, 0.2) is 11.5 Å². The fourth-order valence-electron chi connectivity index (χ4n) is 2.71. The van der Waals surface area contributed by atoms with Crippen molar-refractivity contribution >= 4 is 12.0 Å². The maximum Gasteiger partial charge on any atom is 0.336 e. The fourth-order valence-corrected chi connectivity index (χ4v) is 2.71. The van der Waals surface area contributed by atoms with E-state index in [1.807, 2.05) is 37.3 Å².